The minimum absolute atomic E-state index is 0.167. The van der Waals surface area contributed by atoms with Crippen molar-refractivity contribution in [3.05, 3.63) is 59.3 Å². The van der Waals surface area contributed by atoms with Crippen LogP contribution in [0, 0.1) is 13.8 Å². The van der Waals surface area contributed by atoms with Crippen molar-refractivity contribution >= 4 is 16.9 Å². The minimum Gasteiger partial charge on any atom is -0.351 e. The minimum atomic E-state index is -0.167. The van der Waals surface area contributed by atoms with Gasteiger partial charge in [-0.3, -0.25) is 4.79 Å². The van der Waals surface area contributed by atoms with E-state index in [1.54, 1.807) is 0 Å². The lowest BCUT2D eigenvalue weighted by molar-refractivity contribution is 0.0949. The molecular formula is C21H23N3O. The Labute approximate surface area is 148 Å². The fourth-order valence-electron chi connectivity index (χ4n) is 2.73. The van der Waals surface area contributed by atoms with Crippen LogP contribution in [0.2, 0.25) is 0 Å². The van der Waals surface area contributed by atoms with Crippen molar-refractivity contribution in [3.8, 4) is 11.3 Å². The van der Waals surface area contributed by atoms with E-state index in [4.69, 9.17) is 4.98 Å². The van der Waals surface area contributed by atoms with Gasteiger partial charge in [-0.2, -0.15) is 0 Å². The fourth-order valence-corrected chi connectivity index (χ4v) is 2.73. The number of unbranched alkanes of at least 4 members (excludes halogenated alkanes) is 1. The maximum atomic E-state index is 12.7. The Hall–Kier alpha value is -2.75. The standard InChI is InChI=1S/C21H23N3O/c1-4-5-11-22-21(25)20-19(16-9-7-6-8-10-16)23-17-12-14(2)15(3)13-18(17)24-20/h6-10,12-13H,4-5,11H2,1-3H3,(H,22,25). The Morgan fingerprint density at radius 2 is 1.64 bits per heavy atom. The number of amides is 1. The molecule has 0 unspecified atom stereocenters. The summed E-state index contributed by atoms with van der Waals surface area (Å²) in [6, 6.07) is 13.8. The number of aromatic nitrogens is 2. The first-order chi connectivity index (χ1) is 12.1. The number of nitrogens with one attached hydrogen (secondary N) is 1. The number of carbonyl (C=O) groups is 1. The Bertz CT molecular complexity index is 904. The largest absolute Gasteiger partial charge is 0.351 e. The molecule has 3 rings (SSSR count). The molecule has 0 aliphatic carbocycles. The van der Waals surface area contributed by atoms with Gasteiger partial charge in [0, 0.05) is 12.1 Å². The second kappa shape index (κ2) is 7.43. The van der Waals surface area contributed by atoms with Crippen LogP contribution in [0.4, 0.5) is 0 Å². The average Bonchev–Trinajstić information content (AvgIpc) is 2.62. The van der Waals surface area contributed by atoms with E-state index in [9.17, 15) is 4.79 Å². The van der Waals surface area contributed by atoms with Crippen LogP contribution in [-0.2, 0) is 0 Å². The summed E-state index contributed by atoms with van der Waals surface area (Å²) in [4.78, 5) is 22.1. The Balaban J connectivity index is 2.14. The van der Waals surface area contributed by atoms with E-state index in [-0.39, 0.29) is 5.91 Å². The van der Waals surface area contributed by atoms with Gasteiger partial charge in [0.05, 0.1) is 11.0 Å². The van der Waals surface area contributed by atoms with Gasteiger partial charge < -0.3 is 5.32 Å². The maximum Gasteiger partial charge on any atom is 0.272 e. The van der Waals surface area contributed by atoms with E-state index in [0.717, 1.165) is 35.0 Å². The van der Waals surface area contributed by atoms with Crippen LogP contribution >= 0.6 is 0 Å². The van der Waals surface area contributed by atoms with Crippen LogP contribution in [0.1, 0.15) is 41.4 Å². The molecule has 0 bridgehead atoms. The van der Waals surface area contributed by atoms with Crippen molar-refractivity contribution in [2.75, 3.05) is 6.54 Å². The van der Waals surface area contributed by atoms with E-state index in [0.29, 0.717) is 17.9 Å². The number of nitrogens with zero attached hydrogens (tertiary/aromatic N) is 2. The predicted molar refractivity (Wildman–Crippen MR) is 102 cm³/mol. The number of rotatable bonds is 5. The highest BCUT2D eigenvalue weighted by Crippen LogP contribution is 2.25. The number of hydrogen-bond donors (Lipinski definition) is 1. The van der Waals surface area contributed by atoms with E-state index < -0.39 is 0 Å². The molecule has 1 aromatic heterocycles. The first-order valence-corrected chi connectivity index (χ1v) is 8.72. The predicted octanol–water partition coefficient (Wildman–Crippen LogP) is 4.44. The molecule has 0 spiro atoms. The van der Waals surface area contributed by atoms with Crippen molar-refractivity contribution in [3.63, 3.8) is 0 Å². The van der Waals surface area contributed by atoms with E-state index in [1.807, 2.05) is 49.4 Å². The van der Waals surface area contributed by atoms with Gasteiger partial charge in [-0.25, -0.2) is 9.97 Å². The number of carbonyl (C=O) groups excluding carboxylic acids is 1. The molecule has 0 saturated heterocycles. The van der Waals surface area contributed by atoms with Crippen molar-refractivity contribution in [2.45, 2.75) is 33.6 Å². The van der Waals surface area contributed by atoms with Crippen molar-refractivity contribution < 1.29 is 4.79 Å². The highest BCUT2D eigenvalue weighted by molar-refractivity contribution is 6.00. The Kier molecular flexibility index (Phi) is 5.08. The van der Waals surface area contributed by atoms with E-state index in [1.165, 1.54) is 5.56 Å². The number of benzene rings is 2. The van der Waals surface area contributed by atoms with Crippen LogP contribution in [-0.4, -0.2) is 22.4 Å². The molecule has 4 heteroatoms. The molecule has 1 N–H and O–H groups in total. The summed E-state index contributed by atoms with van der Waals surface area (Å²) >= 11 is 0. The highest BCUT2D eigenvalue weighted by Gasteiger charge is 2.18. The topological polar surface area (TPSA) is 54.9 Å². The second-order valence-electron chi connectivity index (χ2n) is 6.32. The van der Waals surface area contributed by atoms with Gasteiger partial charge in [0.25, 0.3) is 5.91 Å². The van der Waals surface area contributed by atoms with Gasteiger partial charge >= 0.3 is 0 Å². The molecular weight excluding hydrogens is 310 g/mol. The number of hydrogen-bond acceptors (Lipinski definition) is 3. The molecule has 2 aromatic carbocycles. The molecule has 0 radical (unpaired) electrons. The molecule has 0 fully saturated rings. The lowest BCUT2D eigenvalue weighted by Gasteiger charge is -2.11. The Morgan fingerprint density at radius 1 is 1.00 bits per heavy atom. The van der Waals surface area contributed by atoms with Crippen molar-refractivity contribution in [1.82, 2.24) is 15.3 Å². The normalized spacial score (nSPS) is 10.8. The van der Waals surface area contributed by atoms with Gasteiger partial charge in [0.15, 0.2) is 5.69 Å². The molecule has 1 amide bonds. The van der Waals surface area contributed by atoms with Crippen LogP contribution in [0.3, 0.4) is 0 Å². The van der Waals surface area contributed by atoms with Gasteiger partial charge in [-0.05, 0) is 43.5 Å². The molecule has 25 heavy (non-hydrogen) atoms. The molecule has 3 aromatic rings. The zero-order chi connectivity index (χ0) is 17.8. The summed E-state index contributed by atoms with van der Waals surface area (Å²) in [6.45, 7) is 6.85. The summed E-state index contributed by atoms with van der Waals surface area (Å²) in [6.07, 6.45) is 1.99. The van der Waals surface area contributed by atoms with E-state index >= 15 is 0 Å². The molecule has 0 aliphatic rings. The zero-order valence-corrected chi connectivity index (χ0v) is 15.0. The summed E-state index contributed by atoms with van der Waals surface area (Å²) in [5.74, 6) is -0.167. The average molecular weight is 333 g/mol. The van der Waals surface area contributed by atoms with Gasteiger partial charge in [0.1, 0.15) is 5.69 Å². The van der Waals surface area contributed by atoms with Crippen LogP contribution in [0.5, 0.6) is 0 Å². The molecule has 0 atom stereocenters. The van der Waals surface area contributed by atoms with Crippen LogP contribution in [0.25, 0.3) is 22.3 Å². The highest BCUT2D eigenvalue weighted by atomic mass is 16.1. The van der Waals surface area contributed by atoms with E-state index in [2.05, 4.69) is 24.1 Å². The van der Waals surface area contributed by atoms with Gasteiger partial charge in [-0.1, -0.05) is 43.7 Å². The SMILES string of the molecule is CCCCNC(=O)c1nc2cc(C)c(C)cc2nc1-c1ccccc1. The van der Waals surface area contributed by atoms with Crippen molar-refractivity contribution in [2.24, 2.45) is 0 Å². The van der Waals surface area contributed by atoms with Gasteiger partial charge in [-0.15, -0.1) is 0 Å². The number of fused-ring (bicyclic) bond motifs is 1. The molecule has 1 heterocycles. The molecule has 0 saturated carbocycles. The third-order valence-electron chi connectivity index (χ3n) is 4.36. The Morgan fingerprint density at radius 3 is 2.28 bits per heavy atom. The summed E-state index contributed by atoms with van der Waals surface area (Å²) in [7, 11) is 0. The van der Waals surface area contributed by atoms with Gasteiger partial charge in [0.2, 0.25) is 0 Å². The molecule has 0 aliphatic heterocycles. The third-order valence-corrected chi connectivity index (χ3v) is 4.36. The lowest BCUT2D eigenvalue weighted by Crippen LogP contribution is -2.26. The maximum absolute atomic E-state index is 12.7. The van der Waals surface area contributed by atoms with Crippen molar-refractivity contribution in [1.29, 1.82) is 0 Å². The first-order valence-electron chi connectivity index (χ1n) is 8.72. The first kappa shape index (κ1) is 17.1. The lowest BCUT2D eigenvalue weighted by atomic mass is 10.1. The smallest absolute Gasteiger partial charge is 0.272 e. The third kappa shape index (κ3) is 3.68. The van der Waals surface area contributed by atoms with Crippen LogP contribution < -0.4 is 5.32 Å². The second-order valence-corrected chi connectivity index (χ2v) is 6.32. The summed E-state index contributed by atoms with van der Waals surface area (Å²) in [5.41, 5.74) is 5.79. The quantitative estimate of drug-likeness (QED) is 0.702. The van der Waals surface area contributed by atoms with Crippen LogP contribution in [0.15, 0.2) is 42.5 Å². The summed E-state index contributed by atoms with van der Waals surface area (Å²) < 4.78 is 0. The number of aryl methyl sites for hydroxylation is 2. The molecule has 4 nitrogen and oxygen atoms in total. The monoisotopic (exact) mass is 333 g/mol. The summed E-state index contributed by atoms with van der Waals surface area (Å²) in [5, 5.41) is 2.96. The zero-order valence-electron chi connectivity index (χ0n) is 15.0. The fraction of sp³-hybridized carbons (Fsp3) is 0.286. The molecule has 128 valence electrons.